The fourth-order valence-electron chi connectivity index (χ4n) is 3.97. The Kier molecular flexibility index (Phi) is 7.11. The van der Waals surface area contributed by atoms with Crippen molar-refractivity contribution < 1.29 is 9.29 Å². The SMILES string of the molecule is CC[S+]([O-])NC1CCCc2c(-c3nnc(-c4ccc(OC(C)C)c(C#N)c4)s3)cccc21. The molecular formula is C24H26N4O2S2. The summed E-state index contributed by atoms with van der Waals surface area (Å²) in [6, 6.07) is 14.1. The summed E-state index contributed by atoms with van der Waals surface area (Å²) in [7, 11) is 0. The minimum Gasteiger partial charge on any atom is -0.598 e. The van der Waals surface area contributed by atoms with Crippen molar-refractivity contribution in [3.63, 3.8) is 0 Å². The summed E-state index contributed by atoms with van der Waals surface area (Å²) in [5, 5.41) is 20.0. The molecule has 32 heavy (non-hydrogen) atoms. The Morgan fingerprint density at radius 2 is 2.09 bits per heavy atom. The molecule has 1 N–H and O–H groups in total. The fourth-order valence-corrected chi connectivity index (χ4v) is 5.59. The average molecular weight is 467 g/mol. The van der Waals surface area contributed by atoms with Crippen LogP contribution >= 0.6 is 11.3 Å². The third kappa shape index (κ3) is 4.81. The summed E-state index contributed by atoms with van der Waals surface area (Å²) < 4.78 is 21.1. The minimum absolute atomic E-state index is 0.00147. The number of hydrogen-bond donors (Lipinski definition) is 1. The van der Waals surface area contributed by atoms with Gasteiger partial charge in [-0.3, -0.25) is 0 Å². The second-order valence-corrected chi connectivity index (χ2v) is 10.5. The summed E-state index contributed by atoms with van der Waals surface area (Å²) in [5.74, 6) is 1.17. The van der Waals surface area contributed by atoms with Crippen molar-refractivity contribution in [3.8, 4) is 33.0 Å². The van der Waals surface area contributed by atoms with Gasteiger partial charge < -0.3 is 9.29 Å². The van der Waals surface area contributed by atoms with E-state index in [0.717, 1.165) is 40.4 Å². The van der Waals surface area contributed by atoms with Gasteiger partial charge in [-0.1, -0.05) is 29.5 Å². The van der Waals surface area contributed by atoms with Gasteiger partial charge in [0.05, 0.1) is 17.7 Å². The third-order valence-electron chi connectivity index (χ3n) is 5.41. The Bertz CT molecular complexity index is 1140. The lowest BCUT2D eigenvalue weighted by molar-refractivity contribution is 0.242. The molecule has 0 saturated heterocycles. The van der Waals surface area contributed by atoms with Crippen LogP contribution in [0, 0.1) is 11.3 Å². The largest absolute Gasteiger partial charge is 0.598 e. The van der Waals surface area contributed by atoms with E-state index in [0.29, 0.717) is 17.1 Å². The van der Waals surface area contributed by atoms with Crippen LogP contribution in [-0.4, -0.2) is 26.6 Å². The van der Waals surface area contributed by atoms with Crippen molar-refractivity contribution in [2.75, 3.05) is 5.75 Å². The fraction of sp³-hybridized carbons (Fsp3) is 0.375. The zero-order valence-electron chi connectivity index (χ0n) is 18.4. The van der Waals surface area contributed by atoms with Gasteiger partial charge in [0.25, 0.3) is 0 Å². The van der Waals surface area contributed by atoms with Crippen LogP contribution in [0.15, 0.2) is 36.4 Å². The van der Waals surface area contributed by atoms with Gasteiger partial charge in [-0.2, -0.15) is 5.26 Å². The molecule has 4 rings (SSSR count). The predicted octanol–water partition coefficient (Wildman–Crippen LogP) is 5.18. The van der Waals surface area contributed by atoms with Crippen LogP contribution in [-0.2, 0) is 17.8 Å². The van der Waals surface area contributed by atoms with Gasteiger partial charge in [0.1, 0.15) is 27.6 Å². The van der Waals surface area contributed by atoms with Crippen molar-refractivity contribution >= 4 is 22.7 Å². The van der Waals surface area contributed by atoms with Gasteiger partial charge in [0.15, 0.2) is 0 Å². The minimum atomic E-state index is -1.02. The summed E-state index contributed by atoms with van der Waals surface area (Å²) in [6.07, 6.45) is 2.98. The van der Waals surface area contributed by atoms with E-state index >= 15 is 0 Å². The van der Waals surface area contributed by atoms with Gasteiger partial charge in [-0.25, -0.2) is 0 Å². The van der Waals surface area contributed by atoms with Crippen molar-refractivity contribution in [1.29, 1.82) is 5.26 Å². The molecule has 166 valence electrons. The van der Waals surface area contributed by atoms with E-state index in [1.807, 2.05) is 45.0 Å². The number of benzene rings is 2. The molecular weight excluding hydrogens is 440 g/mol. The van der Waals surface area contributed by atoms with Crippen molar-refractivity contribution in [2.45, 2.75) is 52.2 Å². The zero-order valence-corrected chi connectivity index (χ0v) is 20.1. The summed E-state index contributed by atoms with van der Waals surface area (Å²) >= 11 is 0.493. The normalized spacial score (nSPS) is 16.4. The highest BCUT2D eigenvalue weighted by Crippen LogP contribution is 2.39. The molecule has 1 aliphatic rings. The van der Waals surface area contributed by atoms with E-state index in [1.54, 1.807) is 0 Å². The van der Waals surface area contributed by atoms with Crippen LogP contribution in [0.5, 0.6) is 5.75 Å². The van der Waals surface area contributed by atoms with Crippen LogP contribution in [0.1, 0.15) is 56.3 Å². The molecule has 0 aliphatic heterocycles. The molecule has 3 aromatic rings. The highest BCUT2D eigenvalue weighted by Gasteiger charge is 2.26. The number of nitrogens with one attached hydrogen (secondary N) is 1. The molecule has 2 aromatic carbocycles. The molecule has 1 heterocycles. The smallest absolute Gasteiger partial charge is 0.148 e. The van der Waals surface area contributed by atoms with Crippen molar-refractivity contribution in [3.05, 3.63) is 53.1 Å². The topological polar surface area (TPSA) is 93.9 Å². The quantitative estimate of drug-likeness (QED) is 0.482. The van der Waals surface area contributed by atoms with Crippen LogP contribution in [0.4, 0.5) is 0 Å². The number of ether oxygens (including phenoxy) is 1. The Balaban J connectivity index is 1.65. The van der Waals surface area contributed by atoms with Gasteiger partial charge in [0, 0.05) is 22.5 Å². The first-order valence-corrected chi connectivity index (χ1v) is 12.9. The molecule has 0 bridgehead atoms. The maximum Gasteiger partial charge on any atom is 0.148 e. The Morgan fingerprint density at radius 1 is 1.28 bits per heavy atom. The lowest BCUT2D eigenvalue weighted by Gasteiger charge is -2.27. The molecule has 1 aliphatic carbocycles. The van der Waals surface area contributed by atoms with E-state index in [-0.39, 0.29) is 12.1 Å². The average Bonchev–Trinajstić information content (AvgIpc) is 3.29. The Morgan fingerprint density at radius 3 is 2.84 bits per heavy atom. The number of nitriles is 1. The lowest BCUT2D eigenvalue weighted by Crippen LogP contribution is -2.32. The molecule has 0 fully saturated rings. The van der Waals surface area contributed by atoms with E-state index in [1.165, 1.54) is 22.5 Å². The van der Waals surface area contributed by atoms with Gasteiger partial charge >= 0.3 is 0 Å². The standard InChI is InChI=1S/C24H26N4O2S2/c1-4-32(29)28-21-10-6-7-18-19(21)8-5-9-20(18)24-27-26-23(31-24)16-11-12-22(30-15(2)3)17(13-16)14-25/h5,8-9,11-13,15,21,28H,4,6-7,10H2,1-3H3. The highest BCUT2D eigenvalue weighted by atomic mass is 32.2. The van der Waals surface area contributed by atoms with Gasteiger partial charge in [-0.15, -0.1) is 14.9 Å². The van der Waals surface area contributed by atoms with Crippen LogP contribution in [0.2, 0.25) is 0 Å². The first-order chi connectivity index (χ1) is 15.5. The Labute approximate surface area is 196 Å². The maximum atomic E-state index is 12.1. The second kappa shape index (κ2) is 10.0. The number of fused-ring (bicyclic) bond motifs is 1. The number of nitrogens with zero attached hydrogens (tertiary/aromatic N) is 3. The monoisotopic (exact) mass is 466 g/mol. The predicted molar refractivity (Wildman–Crippen MR) is 129 cm³/mol. The lowest BCUT2D eigenvalue weighted by atomic mass is 9.85. The summed E-state index contributed by atoms with van der Waals surface area (Å²) in [6.45, 7) is 5.80. The Hall–Kier alpha value is -2.44. The first-order valence-electron chi connectivity index (χ1n) is 10.8. The number of aromatic nitrogens is 2. The third-order valence-corrected chi connectivity index (χ3v) is 7.49. The second-order valence-electron chi connectivity index (χ2n) is 7.97. The number of rotatable bonds is 7. The van der Waals surface area contributed by atoms with Crippen LogP contribution in [0.25, 0.3) is 21.1 Å². The van der Waals surface area contributed by atoms with E-state index in [4.69, 9.17) is 4.74 Å². The molecule has 0 radical (unpaired) electrons. The molecule has 0 spiro atoms. The first kappa shape index (κ1) is 22.7. The van der Waals surface area contributed by atoms with Crippen LogP contribution < -0.4 is 9.46 Å². The molecule has 0 amide bonds. The molecule has 2 atom stereocenters. The zero-order chi connectivity index (χ0) is 22.7. The maximum absolute atomic E-state index is 12.1. The van der Waals surface area contributed by atoms with E-state index in [9.17, 15) is 9.81 Å². The summed E-state index contributed by atoms with van der Waals surface area (Å²) in [5.41, 5.74) is 4.88. The van der Waals surface area contributed by atoms with E-state index < -0.39 is 11.4 Å². The molecule has 2 unspecified atom stereocenters. The molecule has 8 heteroatoms. The highest BCUT2D eigenvalue weighted by molar-refractivity contribution is 7.89. The molecule has 1 aromatic heterocycles. The van der Waals surface area contributed by atoms with Crippen molar-refractivity contribution in [2.24, 2.45) is 0 Å². The van der Waals surface area contributed by atoms with Crippen molar-refractivity contribution in [1.82, 2.24) is 14.9 Å². The van der Waals surface area contributed by atoms with Gasteiger partial charge in [-0.05, 0) is 69.4 Å². The summed E-state index contributed by atoms with van der Waals surface area (Å²) in [4.78, 5) is 0. The van der Waals surface area contributed by atoms with Crippen LogP contribution in [0.3, 0.4) is 0 Å². The molecule has 6 nitrogen and oxygen atoms in total. The van der Waals surface area contributed by atoms with E-state index in [2.05, 4.69) is 33.1 Å². The number of hydrogen-bond acceptors (Lipinski definition) is 7. The molecule has 0 saturated carbocycles. The van der Waals surface area contributed by atoms with Gasteiger partial charge in [0.2, 0.25) is 0 Å².